The Hall–Kier alpha value is -4.47. The molecule has 0 aliphatic carbocycles. The SMILES string of the molecule is COc1ccc2c(c1)C(=O)N(C[C@@]1(c3ccc(Oc4ccc(F)cn4)cc3)NC(=O)N(C)C1=O)C2. The summed E-state index contributed by atoms with van der Waals surface area (Å²) in [5.41, 5.74) is 0.327. The second-order valence-corrected chi connectivity index (χ2v) is 8.33. The van der Waals surface area contributed by atoms with Crippen LogP contribution in [0.3, 0.4) is 0 Å². The van der Waals surface area contributed by atoms with E-state index in [1.165, 1.54) is 31.2 Å². The number of carbonyl (C=O) groups excluding carboxylic acids is 3. The standard InChI is InChI=1S/C25H21FN4O5/c1-29-23(32)25(28-24(29)33,14-30-13-15-3-7-19(34-2)11-20(15)22(30)31)16-4-8-18(9-5-16)35-21-10-6-17(26)12-27-21/h3-12H,13-14H2,1-2H3,(H,28,33)/t25-/m0/s1. The van der Waals surface area contributed by atoms with E-state index in [9.17, 15) is 18.8 Å². The van der Waals surface area contributed by atoms with E-state index >= 15 is 0 Å². The summed E-state index contributed by atoms with van der Waals surface area (Å²) in [4.78, 5) is 45.4. The molecule has 1 aromatic heterocycles. The Kier molecular flexibility index (Phi) is 5.35. The van der Waals surface area contributed by atoms with Crippen molar-refractivity contribution in [3.63, 3.8) is 0 Å². The van der Waals surface area contributed by atoms with Crippen LogP contribution >= 0.6 is 0 Å². The lowest BCUT2D eigenvalue weighted by Crippen LogP contribution is -2.52. The Balaban J connectivity index is 1.44. The second kappa shape index (κ2) is 8.39. The highest BCUT2D eigenvalue weighted by Gasteiger charge is 2.53. The molecule has 5 rings (SSSR count). The number of methoxy groups -OCH3 is 1. The van der Waals surface area contributed by atoms with Gasteiger partial charge in [0.05, 0.1) is 19.9 Å². The summed E-state index contributed by atoms with van der Waals surface area (Å²) >= 11 is 0. The van der Waals surface area contributed by atoms with Crippen LogP contribution in [0.15, 0.2) is 60.8 Å². The molecule has 1 atom stereocenters. The monoisotopic (exact) mass is 476 g/mol. The first-order chi connectivity index (χ1) is 16.8. The number of benzene rings is 2. The molecule has 0 radical (unpaired) electrons. The quantitative estimate of drug-likeness (QED) is 0.549. The highest BCUT2D eigenvalue weighted by atomic mass is 19.1. The smallest absolute Gasteiger partial charge is 0.325 e. The zero-order valence-electron chi connectivity index (χ0n) is 18.9. The number of ether oxygens (including phenoxy) is 2. The maximum atomic E-state index is 13.3. The van der Waals surface area contributed by atoms with Crippen LogP contribution in [-0.4, -0.2) is 53.3 Å². The zero-order chi connectivity index (χ0) is 24.7. The average Bonchev–Trinajstić information content (AvgIpc) is 3.29. The normalized spacial score (nSPS) is 19.1. The molecule has 0 spiro atoms. The summed E-state index contributed by atoms with van der Waals surface area (Å²) in [5, 5.41) is 2.78. The minimum absolute atomic E-state index is 0.0581. The van der Waals surface area contributed by atoms with E-state index in [0.717, 1.165) is 16.7 Å². The van der Waals surface area contributed by atoms with Crippen LogP contribution in [0.25, 0.3) is 0 Å². The van der Waals surface area contributed by atoms with E-state index in [-0.39, 0.29) is 18.3 Å². The van der Waals surface area contributed by atoms with Gasteiger partial charge in [0.25, 0.3) is 11.8 Å². The minimum atomic E-state index is -1.47. The second-order valence-electron chi connectivity index (χ2n) is 8.33. The number of fused-ring (bicyclic) bond motifs is 1. The molecular weight excluding hydrogens is 455 g/mol. The molecule has 4 amide bonds. The zero-order valence-corrected chi connectivity index (χ0v) is 18.9. The summed E-state index contributed by atoms with van der Waals surface area (Å²) in [6, 6.07) is 13.8. The number of nitrogens with zero attached hydrogens (tertiary/aromatic N) is 3. The van der Waals surface area contributed by atoms with Crippen molar-refractivity contribution in [2.75, 3.05) is 20.7 Å². The van der Waals surface area contributed by atoms with Crippen LogP contribution in [0.1, 0.15) is 21.5 Å². The molecule has 9 nitrogen and oxygen atoms in total. The summed E-state index contributed by atoms with van der Waals surface area (Å²) < 4.78 is 23.9. The van der Waals surface area contributed by atoms with Crippen molar-refractivity contribution in [3.8, 4) is 17.4 Å². The fraction of sp³-hybridized carbons (Fsp3) is 0.200. The van der Waals surface area contributed by atoms with E-state index in [2.05, 4.69) is 10.3 Å². The summed E-state index contributed by atoms with van der Waals surface area (Å²) in [7, 11) is 2.92. The highest BCUT2D eigenvalue weighted by molar-refractivity contribution is 6.08. The van der Waals surface area contributed by atoms with Gasteiger partial charge in [-0.1, -0.05) is 18.2 Å². The maximum absolute atomic E-state index is 13.3. The van der Waals surface area contributed by atoms with Crippen LogP contribution in [0.4, 0.5) is 9.18 Å². The molecule has 3 heterocycles. The van der Waals surface area contributed by atoms with Crippen molar-refractivity contribution in [1.29, 1.82) is 0 Å². The van der Waals surface area contributed by atoms with Gasteiger partial charge in [-0.2, -0.15) is 0 Å². The fourth-order valence-corrected chi connectivity index (χ4v) is 4.32. The molecule has 1 saturated heterocycles. The van der Waals surface area contributed by atoms with Gasteiger partial charge in [-0.3, -0.25) is 14.5 Å². The van der Waals surface area contributed by atoms with Gasteiger partial charge in [-0.15, -0.1) is 0 Å². The molecule has 1 N–H and O–H groups in total. The van der Waals surface area contributed by atoms with E-state index < -0.39 is 23.3 Å². The number of hydrogen-bond acceptors (Lipinski definition) is 6. The van der Waals surface area contributed by atoms with Gasteiger partial charge >= 0.3 is 6.03 Å². The van der Waals surface area contributed by atoms with Gasteiger partial charge < -0.3 is 19.7 Å². The number of urea groups is 1. The molecule has 178 valence electrons. The lowest BCUT2D eigenvalue weighted by atomic mass is 9.89. The predicted octanol–water partition coefficient (Wildman–Crippen LogP) is 3.05. The first-order valence-corrected chi connectivity index (χ1v) is 10.8. The first-order valence-electron chi connectivity index (χ1n) is 10.8. The number of nitrogens with one attached hydrogen (secondary N) is 1. The molecule has 0 bridgehead atoms. The van der Waals surface area contributed by atoms with Crippen molar-refractivity contribution in [2.24, 2.45) is 0 Å². The molecule has 2 aromatic carbocycles. The van der Waals surface area contributed by atoms with Crippen molar-refractivity contribution in [2.45, 2.75) is 12.1 Å². The number of halogens is 1. The molecule has 2 aliphatic heterocycles. The highest BCUT2D eigenvalue weighted by Crippen LogP contribution is 2.35. The van der Waals surface area contributed by atoms with E-state index in [4.69, 9.17) is 9.47 Å². The van der Waals surface area contributed by atoms with Gasteiger partial charge in [0.2, 0.25) is 5.88 Å². The van der Waals surface area contributed by atoms with Gasteiger partial charge in [-0.05, 0) is 41.5 Å². The van der Waals surface area contributed by atoms with Crippen molar-refractivity contribution in [1.82, 2.24) is 20.1 Å². The molecule has 0 unspecified atom stereocenters. The molecule has 0 saturated carbocycles. The van der Waals surface area contributed by atoms with Crippen molar-refractivity contribution >= 4 is 17.8 Å². The largest absolute Gasteiger partial charge is 0.497 e. The molecule has 1 fully saturated rings. The fourth-order valence-electron chi connectivity index (χ4n) is 4.32. The molecule has 2 aliphatic rings. The van der Waals surface area contributed by atoms with Crippen LogP contribution in [0, 0.1) is 5.82 Å². The van der Waals surface area contributed by atoms with E-state index in [1.807, 2.05) is 6.07 Å². The maximum Gasteiger partial charge on any atom is 0.325 e. The number of aromatic nitrogens is 1. The van der Waals surface area contributed by atoms with Gasteiger partial charge in [0.15, 0.2) is 5.54 Å². The summed E-state index contributed by atoms with van der Waals surface area (Å²) in [5.74, 6) is -0.0364. The predicted molar refractivity (Wildman–Crippen MR) is 121 cm³/mol. The Labute approximate surface area is 200 Å². The van der Waals surface area contributed by atoms with Gasteiger partial charge in [-0.25, -0.2) is 14.2 Å². The number of carbonyl (C=O) groups is 3. The Bertz CT molecular complexity index is 1330. The van der Waals surface area contributed by atoms with E-state index in [1.54, 1.807) is 36.4 Å². The van der Waals surface area contributed by atoms with Crippen molar-refractivity contribution in [3.05, 3.63) is 83.3 Å². The third-order valence-electron chi connectivity index (χ3n) is 6.19. The summed E-state index contributed by atoms with van der Waals surface area (Å²) in [6.45, 7) is 0.238. The van der Waals surface area contributed by atoms with Crippen LogP contribution in [-0.2, 0) is 16.9 Å². The average molecular weight is 476 g/mol. The van der Waals surface area contributed by atoms with Gasteiger partial charge in [0, 0.05) is 25.2 Å². The number of pyridine rings is 1. The lowest BCUT2D eigenvalue weighted by Gasteiger charge is -2.31. The number of imide groups is 1. The molecular formula is C25H21FN4O5. The van der Waals surface area contributed by atoms with Crippen LogP contribution in [0.2, 0.25) is 0 Å². The first kappa shape index (κ1) is 22.3. The number of hydrogen-bond donors (Lipinski definition) is 1. The minimum Gasteiger partial charge on any atom is -0.497 e. The Morgan fingerprint density at radius 1 is 1.06 bits per heavy atom. The number of rotatable bonds is 6. The third-order valence-corrected chi connectivity index (χ3v) is 6.19. The number of likely N-dealkylation sites (N-methyl/N-ethyl adjacent to an activating group) is 1. The van der Waals surface area contributed by atoms with Crippen LogP contribution in [0.5, 0.6) is 17.4 Å². The van der Waals surface area contributed by atoms with E-state index in [0.29, 0.717) is 29.2 Å². The molecule has 35 heavy (non-hydrogen) atoms. The molecule has 3 aromatic rings. The number of amides is 4. The summed E-state index contributed by atoms with van der Waals surface area (Å²) in [6.07, 6.45) is 1.04. The lowest BCUT2D eigenvalue weighted by molar-refractivity contribution is -0.131. The topological polar surface area (TPSA) is 101 Å². The Morgan fingerprint density at radius 2 is 1.80 bits per heavy atom. The van der Waals surface area contributed by atoms with Crippen LogP contribution < -0.4 is 14.8 Å². The Morgan fingerprint density at radius 3 is 2.43 bits per heavy atom. The van der Waals surface area contributed by atoms with Gasteiger partial charge in [0.1, 0.15) is 17.3 Å². The molecule has 10 heteroatoms. The third kappa shape index (κ3) is 3.82. The van der Waals surface area contributed by atoms with Crippen molar-refractivity contribution < 1.29 is 28.2 Å².